The van der Waals surface area contributed by atoms with Gasteiger partial charge in [0.15, 0.2) is 0 Å². The largest absolute Gasteiger partial charge is 0.512 e. The topological polar surface area (TPSA) is 96.8 Å². The van der Waals surface area contributed by atoms with Gasteiger partial charge in [-0.3, -0.25) is 0 Å². The molecule has 3 rings (SSSR count). The predicted octanol–water partition coefficient (Wildman–Crippen LogP) is 3.64. The minimum Gasteiger partial charge on any atom is -0.449 e. The number of alkyl halides is 3. The molecule has 0 amide bonds. The monoisotopic (exact) mass is 428 g/mol. The number of benzene rings is 1. The van der Waals surface area contributed by atoms with E-state index >= 15 is 0 Å². The van der Waals surface area contributed by atoms with Gasteiger partial charge in [0, 0.05) is 19.2 Å². The van der Waals surface area contributed by atoms with Gasteiger partial charge in [-0.05, 0) is 36.3 Å². The SMILES string of the molecule is O=C(O)Oc1cccc(C2=CCN(S(=O)(=O)c3cccc(C(F)(F)F)c3)CC2)n1. The van der Waals surface area contributed by atoms with Crippen molar-refractivity contribution in [3.8, 4) is 5.88 Å². The molecule has 1 N–H and O–H groups in total. The van der Waals surface area contributed by atoms with E-state index in [1.165, 1.54) is 6.07 Å². The van der Waals surface area contributed by atoms with Crippen LogP contribution in [0, 0.1) is 0 Å². The van der Waals surface area contributed by atoms with E-state index in [1.807, 2.05) is 0 Å². The summed E-state index contributed by atoms with van der Waals surface area (Å²) in [7, 11) is -4.11. The van der Waals surface area contributed by atoms with Crippen LogP contribution in [0.5, 0.6) is 5.88 Å². The van der Waals surface area contributed by atoms with Gasteiger partial charge in [0.2, 0.25) is 15.9 Å². The highest BCUT2D eigenvalue weighted by Gasteiger charge is 2.33. The third kappa shape index (κ3) is 4.74. The molecule has 1 aromatic heterocycles. The molecule has 0 spiro atoms. The lowest BCUT2D eigenvalue weighted by molar-refractivity contribution is -0.137. The van der Waals surface area contributed by atoms with E-state index in [2.05, 4.69) is 9.72 Å². The van der Waals surface area contributed by atoms with Crippen LogP contribution < -0.4 is 4.74 Å². The second-order valence-corrected chi connectivity index (χ2v) is 8.03. The number of sulfonamides is 1. The quantitative estimate of drug-likeness (QED) is 0.747. The van der Waals surface area contributed by atoms with Crippen LogP contribution in [-0.4, -0.2) is 42.1 Å². The summed E-state index contributed by atoms with van der Waals surface area (Å²) < 4.78 is 69.6. The van der Waals surface area contributed by atoms with Crippen LogP contribution in [-0.2, 0) is 16.2 Å². The summed E-state index contributed by atoms with van der Waals surface area (Å²) >= 11 is 0. The Kier molecular flexibility index (Phi) is 5.62. The zero-order valence-electron chi connectivity index (χ0n) is 14.8. The Labute approximate surface area is 164 Å². The smallest absolute Gasteiger partial charge is 0.449 e. The van der Waals surface area contributed by atoms with Crippen molar-refractivity contribution in [3.05, 3.63) is 59.8 Å². The number of rotatable bonds is 4. The molecule has 0 fully saturated rings. The van der Waals surface area contributed by atoms with Crippen LogP contribution in [0.15, 0.2) is 53.4 Å². The summed E-state index contributed by atoms with van der Waals surface area (Å²) in [4.78, 5) is 14.2. The molecular formula is C18H15F3N2O5S. The maximum Gasteiger partial charge on any atom is 0.512 e. The van der Waals surface area contributed by atoms with Crippen molar-refractivity contribution in [2.75, 3.05) is 13.1 Å². The molecule has 0 bridgehead atoms. The molecule has 0 aliphatic carbocycles. The first-order valence-electron chi connectivity index (χ1n) is 8.32. The Morgan fingerprint density at radius 2 is 1.90 bits per heavy atom. The predicted molar refractivity (Wildman–Crippen MR) is 95.7 cm³/mol. The minimum absolute atomic E-state index is 0.0378. The molecule has 0 unspecified atom stereocenters. The van der Waals surface area contributed by atoms with Crippen LogP contribution in [0.1, 0.15) is 17.7 Å². The van der Waals surface area contributed by atoms with Gasteiger partial charge in [-0.2, -0.15) is 17.5 Å². The first-order chi connectivity index (χ1) is 13.6. The number of carboxylic acid groups (broad SMARTS) is 1. The minimum atomic E-state index is -4.64. The van der Waals surface area contributed by atoms with Crippen molar-refractivity contribution in [2.45, 2.75) is 17.5 Å². The summed E-state index contributed by atoms with van der Waals surface area (Å²) in [5.41, 5.74) is 0.0717. The summed E-state index contributed by atoms with van der Waals surface area (Å²) in [5.74, 6) is -0.116. The van der Waals surface area contributed by atoms with E-state index in [0.717, 1.165) is 22.5 Å². The number of carbonyl (C=O) groups is 1. The molecule has 1 aromatic carbocycles. The van der Waals surface area contributed by atoms with E-state index in [4.69, 9.17) is 5.11 Å². The third-order valence-corrected chi connectivity index (χ3v) is 6.08. The molecule has 1 aliphatic heterocycles. The molecule has 154 valence electrons. The number of hydrogen-bond donors (Lipinski definition) is 1. The fraction of sp³-hybridized carbons (Fsp3) is 0.222. The number of aromatic nitrogens is 1. The lowest BCUT2D eigenvalue weighted by Gasteiger charge is -2.26. The van der Waals surface area contributed by atoms with Crippen molar-refractivity contribution < 1.29 is 36.2 Å². The van der Waals surface area contributed by atoms with Crippen molar-refractivity contribution in [2.24, 2.45) is 0 Å². The van der Waals surface area contributed by atoms with Gasteiger partial charge in [0.25, 0.3) is 0 Å². The van der Waals surface area contributed by atoms with Crippen LogP contribution in [0.3, 0.4) is 0 Å². The zero-order chi connectivity index (χ0) is 21.2. The molecular weight excluding hydrogens is 413 g/mol. The van der Waals surface area contributed by atoms with E-state index in [-0.39, 0.29) is 25.4 Å². The van der Waals surface area contributed by atoms with Gasteiger partial charge in [-0.1, -0.05) is 18.2 Å². The van der Waals surface area contributed by atoms with Gasteiger partial charge < -0.3 is 9.84 Å². The molecule has 7 nitrogen and oxygen atoms in total. The number of halogens is 3. The van der Waals surface area contributed by atoms with Crippen LogP contribution in [0.2, 0.25) is 0 Å². The Hall–Kier alpha value is -2.92. The summed E-state index contributed by atoms with van der Waals surface area (Å²) in [5, 5.41) is 8.65. The average molecular weight is 428 g/mol. The molecule has 1 aliphatic rings. The highest BCUT2D eigenvalue weighted by atomic mass is 32.2. The first-order valence-corrected chi connectivity index (χ1v) is 9.76. The van der Waals surface area contributed by atoms with Crippen molar-refractivity contribution in [1.82, 2.24) is 9.29 Å². The zero-order valence-corrected chi connectivity index (χ0v) is 15.6. The summed E-state index contributed by atoms with van der Waals surface area (Å²) in [6.07, 6.45) is -4.32. The fourth-order valence-electron chi connectivity index (χ4n) is 2.82. The summed E-state index contributed by atoms with van der Waals surface area (Å²) in [6, 6.07) is 8.14. The maximum absolute atomic E-state index is 12.9. The Morgan fingerprint density at radius 1 is 1.17 bits per heavy atom. The molecule has 0 saturated heterocycles. The van der Waals surface area contributed by atoms with Crippen molar-refractivity contribution in [1.29, 1.82) is 0 Å². The number of pyridine rings is 1. The molecule has 0 saturated carbocycles. The lowest BCUT2D eigenvalue weighted by Crippen LogP contribution is -2.34. The van der Waals surface area contributed by atoms with Crippen LogP contribution in [0.25, 0.3) is 5.57 Å². The Morgan fingerprint density at radius 3 is 2.52 bits per heavy atom. The van der Waals surface area contributed by atoms with E-state index in [1.54, 1.807) is 18.2 Å². The Bertz CT molecular complexity index is 1070. The highest BCUT2D eigenvalue weighted by Crippen LogP contribution is 2.32. The Balaban J connectivity index is 1.81. The second kappa shape index (κ2) is 7.84. The first kappa shape index (κ1) is 20.8. The van der Waals surface area contributed by atoms with Gasteiger partial charge >= 0.3 is 12.3 Å². The number of nitrogens with zero attached hydrogens (tertiary/aromatic N) is 2. The summed E-state index contributed by atoms with van der Waals surface area (Å²) in [6.45, 7) is -0.0181. The van der Waals surface area contributed by atoms with Gasteiger partial charge in [0.05, 0.1) is 16.2 Å². The average Bonchev–Trinajstić information content (AvgIpc) is 2.67. The third-order valence-electron chi connectivity index (χ3n) is 4.22. The lowest BCUT2D eigenvalue weighted by atomic mass is 10.1. The van der Waals surface area contributed by atoms with Gasteiger partial charge in [-0.15, -0.1) is 0 Å². The second-order valence-electron chi connectivity index (χ2n) is 6.10. The van der Waals surface area contributed by atoms with E-state index in [9.17, 15) is 26.4 Å². The molecule has 2 heterocycles. The number of ether oxygens (including phenoxy) is 1. The number of hydrogen-bond acceptors (Lipinski definition) is 5. The van der Waals surface area contributed by atoms with Crippen molar-refractivity contribution in [3.63, 3.8) is 0 Å². The van der Waals surface area contributed by atoms with E-state index in [0.29, 0.717) is 17.3 Å². The molecule has 0 radical (unpaired) electrons. The molecule has 29 heavy (non-hydrogen) atoms. The molecule has 11 heteroatoms. The molecule has 0 atom stereocenters. The maximum atomic E-state index is 12.9. The van der Waals surface area contributed by atoms with E-state index < -0.39 is 32.8 Å². The standard InChI is InChI=1S/C18H15F3N2O5S/c19-18(20,21)13-3-1-4-14(11-13)29(26,27)23-9-7-12(8-10-23)15-5-2-6-16(22-15)28-17(24)25/h1-7,11H,8-10H2,(H,24,25). The van der Waals surface area contributed by atoms with Crippen molar-refractivity contribution >= 4 is 21.8 Å². The van der Waals surface area contributed by atoms with Crippen LogP contribution in [0.4, 0.5) is 18.0 Å². The van der Waals surface area contributed by atoms with Gasteiger partial charge in [0.1, 0.15) is 0 Å². The van der Waals surface area contributed by atoms with Crippen LogP contribution >= 0.6 is 0 Å². The highest BCUT2D eigenvalue weighted by molar-refractivity contribution is 7.89. The fourth-order valence-corrected chi connectivity index (χ4v) is 4.25. The van der Waals surface area contributed by atoms with Gasteiger partial charge in [-0.25, -0.2) is 18.2 Å². The molecule has 2 aromatic rings. The normalized spacial score (nSPS) is 15.6.